The molecule has 0 atom stereocenters. The van der Waals surface area contributed by atoms with Gasteiger partial charge in [-0.2, -0.15) is 0 Å². The van der Waals surface area contributed by atoms with Gasteiger partial charge in [-0.15, -0.1) is 10.2 Å². The fraction of sp³-hybridized carbons (Fsp3) is 0.0476. The van der Waals surface area contributed by atoms with Crippen molar-refractivity contribution in [3.05, 3.63) is 89.7 Å². The van der Waals surface area contributed by atoms with Gasteiger partial charge in [-0.1, -0.05) is 30.3 Å². The highest BCUT2D eigenvalue weighted by molar-refractivity contribution is 5.88. The van der Waals surface area contributed by atoms with Crippen molar-refractivity contribution >= 4 is 5.97 Å². The highest BCUT2D eigenvalue weighted by Gasteiger charge is 2.15. The van der Waals surface area contributed by atoms with Gasteiger partial charge in [-0.25, -0.2) is 4.79 Å². The molecule has 2 aromatic carbocycles. The van der Waals surface area contributed by atoms with Crippen LogP contribution in [0.5, 0.6) is 0 Å². The number of carboxylic acids is 1. The number of benzene rings is 2. The molecule has 0 radical (unpaired) electrons. The van der Waals surface area contributed by atoms with E-state index in [-0.39, 0.29) is 5.56 Å². The third-order valence-corrected chi connectivity index (χ3v) is 4.14. The van der Waals surface area contributed by atoms with Crippen molar-refractivity contribution in [2.24, 2.45) is 0 Å². The first-order chi connectivity index (χ1) is 13.2. The van der Waals surface area contributed by atoms with Crippen LogP contribution in [-0.2, 0) is 6.42 Å². The first-order valence-corrected chi connectivity index (χ1v) is 8.36. The smallest absolute Gasteiger partial charge is 0.335 e. The fourth-order valence-corrected chi connectivity index (χ4v) is 2.77. The quantitative estimate of drug-likeness (QED) is 0.579. The van der Waals surface area contributed by atoms with E-state index in [1.54, 1.807) is 18.3 Å². The molecule has 4 rings (SSSR count). The summed E-state index contributed by atoms with van der Waals surface area (Å²) in [4.78, 5) is 15.4. The maximum atomic E-state index is 11.0. The molecule has 0 saturated carbocycles. The van der Waals surface area contributed by atoms with Gasteiger partial charge in [0.15, 0.2) is 0 Å². The van der Waals surface area contributed by atoms with E-state index in [1.807, 2.05) is 42.5 Å². The third kappa shape index (κ3) is 3.59. The largest absolute Gasteiger partial charge is 0.478 e. The number of carboxylic acid groups (broad SMARTS) is 1. The van der Waals surface area contributed by atoms with Gasteiger partial charge < -0.3 is 9.52 Å². The van der Waals surface area contributed by atoms with Gasteiger partial charge in [0.1, 0.15) is 0 Å². The highest BCUT2D eigenvalue weighted by Crippen LogP contribution is 2.27. The molecule has 1 N–H and O–H groups in total. The molecule has 2 aromatic heterocycles. The lowest BCUT2D eigenvalue weighted by atomic mass is 10.1. The number of hydrogen-bond donors (Lipinski definition) is 1. The summed E-state index contributed by atoms with van der Waals surface area (Å²) in [6.07, 6.45) is 2.39. The Morgan fingerprint density at radius 3 is 2.37 bits per heavy atom. The van der Waals surface area contributed by atoms with E-state index >= 15 is 0 Å². The number of nitrogens with zero attached hydrogens (tertiary/aromatic N) is 3. The molecule has 0 aliphatic rings. The molecule has 6 nitrogen and oxygen atoms in total. The Morgan fingerprint density at radius 1 is 0.889 bits per heavy atom. The van der Waals surface area contributed by atoms with Crippen molar-refractivity contribution in [2.75, 3.05) is 0 Å². The first kappa shape index (κ1) is 16.7. The molecule has 2 heterocycles. The molecule has 0 aliphatic heterocycles. The van der Waals surface area contributed by atoms with E-state index in [1.165, 1.54) is 12.1 Å². The van der Waals surface area contributed by atoms with Gasteiger partial charge >= 0.3 is 5.97 Å². The number of hydrogen-bond acceptors (Lipinski definition) is 5. The van der Waals surface area contributed by atoms with E-state index in [2.05, 4.69) is 15.2 Å². The molecule has 0 amide bonds. The van der Waals surface area contributed by atoms with Crippen LogP contribution < -0.4 is 0 Å². The molecular weight excluding hydrogens is 342 g/mol. The fourth-order valence-electron chi connectivity index (χ4n) is 2.77. The topological polar surface area (TPSA) is 89.1 Å². The summed E-state index contributed by atoms with van der Waals surface area (Å²) in [5.41, 5.74) is 3.63. The molecule has 27 heavy (non-hydrogen) atoms. The van der Waals surface area contributed by atoms with Crippen LogP contribution in [-0.4, -0.2) is 26.3 Å². The highest BCUT2D eigenvalue weighted by atomic mass is 16.4. The Bertz CT molecular complexity index is 1070. The van der Waals surface area contributed by atoms with Crippen LogP contribution in [0.4, 0.5) is 0 Å². The second-order valence-corrected chi connectivity index (χ2v) is 5.95. The number of aromatic nitrogens is 3. The molecule has 132 valence electrons. The maximum absolute atomic E-state index is 11.0. The summed E-state index contributed by atoms with van der Waals surface area (Å²) in [6.45, 7) is 0. The van der Waals surface area contributed by atoms with Crippen LogP contribution in [0, 0.1) is 0 Å². The zero-order valence-corrected chi connectivity index (χ0v) is 14.2. The monoisotopic (exact) mass is 357 g/mol. The SMILES string of the molecule is O=C(O)c1ccc(-c2nnc(-c3cccnc3Cc3ccccc3)o2)cc1. The third-order valence-electron chi connectivity index (χ3n) is 4.14. The average Bonchev–Trinajstić information content (AvgIpc) is 3.19. The number of pyridine rings is 1. The van der Waals surface area contributed by atoms with Gasteiger partial charge in [-0.3, -0.25) is 4.98 Å². The van der Waals surface area contributed by atoms with Crippen LogP contribution >= 0.6 is 0 Å². The van der Waals surface area contributed by atoms with Crippen LogP contribution in [0.25, 0.3) is 22.9 Å². The number of carbonyl (C=O) groups is 1. The zero-order chi connectivity index (χ0) is 18.6. The Labute approximate surface area is 155 Å². The van der Waals surface area contributed by atoms with E-state index in [0.29, 0.717) is 23.8 Å². The Morgan fingerprint density at radius 2 is 1.63 bits per heavy atom. The lowest BCUT2D eigenvalue weighted by molar-refractivity contribution is 0.0697. The van der Waals surface area contributed by atoms with Gasteiger partial charge in [0.05, 0.1) is 16.8 Å². The van der Waals surface area contributed by atoms with Crippen molar-refractivity contribution in [1.29, 1.82) is 0 Å². The normalized spacial score (nSPS) is 10.7. The summed E-state index contributed by atoms with van der Waals surface area (Å²) in [6, 6.07) is 20.1. The van der Waals surface area contributed by atoms with Crippen LogP contribution in [0.3, 0.4) is 0 Å². The lowest BCUT2D eigenvalue weighted by Gasteiger charge is -2.05. The van der Waals surface area contributed by atoms with Crippen LogP contribution in [0.15, 0.2) is 77.3 Å². The Balaban J connectivity index is 1.64. The minimum Gasteiger partial charge on any atom is -0.478 e. The molecule has 4 aromatic rings. The second kappa shape index (κ2) is 7.21. The summed E-state index contributed by atoms with van der Waals surface area (Å²) >= 11 is 0. The van der Waals surface area contributed by atoms with Crippen molar-refractivity contribution in [2.45, 2.75) is 6.42 Å². The Kier molecular flexibility index (Phi) is 4.45. The number of rotatable bonds is 5. The van der Waals surface area contributed by atoms with Crippen molar-refractivity contribution < 1.29 is 14.3 Å². The average molecular weight is 357 g/mol. The number of aromatic carboxylic acids is 1. The minimum absolute atomic E-state index is 0.205. The summed E-state index contributed by atoms with van der Waals surface area (Å²) < 4.78 is 5.82. The van der Waals surface area contributed by atoms with E-state index in [0.717, 1.165) is 16.8 Å². The van der Waals surface area contributed by atoms with Crippen molar-refractivity contribution in [3.8, 4) is 22.9 Å². The van der Waals surface area contributed by atoms with E-state index < -0.39 is 5.97 Å². The van der Waals surface area contributed by atoms with E-state index in [9.17, 15) is 4.79 Å². The van der Waals surface area contributed by atoms with Crippen molar-refractivity contribution in [3.63, 3.8) is 0 Å². The summed E-state index contributed by atoms with van der Waals surface area (Å²) in [5, 5.41) is 17.2. The lowest BCUT2D eigenvalue weighted by Crippen LogP contribution is -1.95. The zero-order valence-electron chi connectivity index (χ0n) is 14.2. The predicted octanol–water partition coefficient (Wildman–Crippen LogP) is 4.09. The molecule has 0 unspecified atom stereocenters. The molecule has 0 fully saturated rings. The molecule has 6 heteroatoms. The predicted molar refractivity (Wildman–Crippen MR) is 99.2 cm³/mol. The molecule has 0 spiro atoms. The van der Waals surface area contributed by atoms with Crippen molar-refractivity contribution in [1.82, 2.24) is 15.2 Å². The Hall–Kier alpha value is -3.80. The molecule has 0 saturated heterocycles. The van der Waals surface area contributed by atoms with E-state index in [4.69, 9.17) is 9.52 Å². The second-order valence-electron chi connectivity index (χ2n) is 5.95. The van der Waals surface area contributed by atoms with Gasteiger partial charge in [0.2, 0.25) is 11.8 Å². The van der Waals surface area contributed by atoms with Gasteiger partial charge in [0.25, 0.3) is 0 Å². The standard InChI is InChI=1S/C21H15N3O3/c25-21(26)16-10-8-15(9-11-16)19-23-24-20(27-19)17-7-4-12-22-18(17)13-14-5-2-1-3-6-14/h1-12H,13H2,(H,25,26). The molecule has 0 bridgehead atoms. The van der Waals surface area contributed by atoms with Gasteiger partial charge in [-0.05, 0) is 42.0 Å². The molecule has 0 aliphatic carbocycles. The molecular formula is C21H15N3O3. The summed E-state index contributed by atoms with van der Waals surface area (Å²) in [5.74, 6) is -0.267. The first-order valence-electron chi connectivity index (χ1n) is 8.36. The maximum Gasteiger partial charge on any atom is 0.335 e. The van der Waals surface area contributed by atoms with Crippen LogP contribution in [0.1, 0.15) is 21.6 Å². The summed E-state index contributed by atoms with van der Waals surface area (Å²) in [7, 11) is 0. The minimum atomic E-state index is -0.978. The van der Waals surface area contributed by atoms with Gasteiger partial charge in [0, 0.05) is 18.2 Å². The van der Waals surface area contributed by atoms with Crippen LogP contribution in [0.2, 0.25) is 0 Å².